The molecule has 2 aliphatic heterocycles. The first-order valence-corrected chi connectivity index (χ1v) is 13.6. The van der Waals surface area contributed by atoms with Crippen LogP contribution in [0.5, 0.6) is 0 Å². The summed E-state index contributed by atoms with van der Waals surface area (Å²) in [5, 5.41) is 10.4. The fraction of sp³-hybridized carbons (Fsp3) is 0.258. The normalized spacial score (nSPS) is 16.7. The van der Waals surface area contributed by atoms with E-state index in [-0.39, 0.29) is 17.9 Å². The van der Waals surface area contributed by atoms with Gasteiger partial charge < -0.3 is 16.0 Å². The van der Waals surface area contributed by atoms with Crippen molar-refractivity contribution in [3.05, 3.63) is 102 Å². The Morgan fingerprint density at radius 1 is 0.975 bits per heavy atom. The lowest BCUT2D eigenvalue weighted by atomic mass is 9.86. The molecule has 3 amide bonds. The van der Waals surface area contributed by atoms with Crippen LogP contribution in [-0.4, -0.2) is 50.6 Å². The van der Waals surface area contributed by atoms with Crippen molar-refractivity contribution in [3.8, 4) is 0 Å². The Bertz CT molecular complexity index is 1550. The summed E-state index contributed by atoms with van der Waals surface area (Å²) in [7, 11) is 0. The van der Waals surface area contributed by atoms with Gasteiger partial charge in [0.25, 0.3) is 5.91 Å². The number of benzene rings is 2. The zero-order chi connectivity index (χ0) is 27.5. The Kier molecular flexibility index (Phi) is 7.20. The van der Waals surface area contributed by atoms with Crippen LogP contribution in [0.25, 0.3) is 10.9 Å². The number of aromatic nitrogens is 2. The highest BCUT2D eigenvalue weighted by molar-refractivity contribution is 6.07. The highest BCUT2D eigenvalue weighted by Gasteiger charge is 2.33. The number of rotatable bonds is 7. The zero-order valence-corrected chi connectivity index (χ0v) is 22.2. The first-order valence-electron chi connectivity index (χ1n) is 13.6. The van der Waals surface area contributed by atoms with E-state index in [4.69, 9.17) is 10.8 Å². The van der Waals surface area contributed by atoms with Gasteiger partial charge in [-0.25, -0.2) is 9.80 Å². The lowest BCUT2D eigenvalue weighted by molar-refractivity contribution is -0.133. The molecule has 40 heavy (non-hydrogen) atoms. The van der Waals surface area contributed by atoms with Gasteiger partial charge in [-0.3, -0.25) is 14.8 Å². The number of nitrogens with one attached hydrogen (secondary N) is 1. The van der Waals surface area contributed by atoms with Crippen molar-refractivity contribution in [1.29, 1.82) is 0 Å². The van der Waals surface area contributed by atoms with E-state index in [1.807, 2.05) is 66.9 Å². The number of unbranched alkanes of at least 4 members (excludes halogenated alkanes) is 1. The molecular weight excluding hydrogens is 502 g/mol. The van der Waals surface area contributed by atoms with E-state index >= 15 is 0 Å². The molecule has 0 fully saturated rings. The number of amides is 3. The molecule has 202 valence electrons. The predicted octanol–water partition coefficient (Wildman–Crippen LogP) is 4.64. The molecule has 6 rings (SSSR count). The first kappa shape index (κ1) is 25.6. The number of fused-ring (bicyclic) bond motifs is 2. The fourth-order valence-electron chi connectivity index (χ4n) is 5.42. The topological polar surface area (TPSA) is 117 Å². The largest absolute Gasteiger partial charge is 0.330 e. The van der Waals surface area contributed by atoms with Gasteiger partial charge in [0.15, 0.2) is 0 Å². The van der Waals surface area contributed by atoms with Crippen LogP contribution in [0, 0.1) is 0 Å². The first-order chi connectivity index (χ1) is 19.6. The number of nitrogens with zero attached hydrogens (tertiary/aromatic N) is 5. The van der Waals surface area contributed by atoms with Crippen LogP contribution in [0.2, 0.25) is 0 Å². The predicted molar refractivity (Wildman–Crippen MR) is 155 cm³/mol. The molecule has 9 heteroatoms. The van der Waals surface area contributed by atoms with Crippen LogP contribution in [0.1, 0.15) is 47.4 Å². The Labute approximate surface area is 232 Å². The molecular formula is C31H31N7O2. The van der Waals surface area contributed by atoms with Gasteiger partial charge in [0.1, 0.15) is 0 Å². The molecule has 0 radical (unpaired) electrons. The Morgan fingerprint density at radius 3 is 2.65 bits per heavy atom. The highest BCUT2D eigenvalue weighted by atomic mass is 16.2. The third-order valence-electron chi connectivity index (χ3n) is 7.55. The van der Waals surface area contributed by atoms with E-state index in [9.17, 15) is 9.59 Å². The Balaban J connectivity index is 1.22. The van der Waals surface area contributed by atoms with Gasteiger partial charge in [0, 0.05) is 55.7 Å². The molecule has 4 aromatic rings. The minimum atomic E-state index is -0.371. The second-order valence-corrected chi connectivity index (χ2v) is 10.2. The molecule has 0 saturated carbocycles. The van der Waals surface area contributed by atoms with Gasteiger partial charge in [-0.2, -0.15) is 5.10 Å². The molecule has 1 unspecified atom stereocenters. The standard InChI is InChI=1S/C31H31N7O2/c32-13-1-2-16-38-30(39)27(25-5-3-7-28-26(25)6-4-14-34-28)17-29(36-38)21-8-10-24(11-9-21)35-31(40)37-19-22-12-15-33-18-23(22)20-37/h3-12,14-15,18,27H,1-2,13,16-17,19-20,32H2,(H,35,40). The van der Waals surface area contributed by atoms with Crippen molar-refractivity contribution in [3.63, 3.8) is 0 Å². The fourth-order valence-corrected chi connectivity index (χ4v) is 5.42. The van der Waals surface area contributed by atoms with Gasteiger partial charge in [-0.05, 0) is 72.0 Å². The maximum atomic E-state index is 13.6. The Hall–Kier alpha value is -4.63. The molecule has 0 aliphatic carbocycles. The second-order valence-electron chi connectivity index (χ2n) is 10.2. The van der Waals surface area contributed by atoms with Crippen LogP contribution in [0.3, 0.4) is 0 Å². The van der Waals surface area contributed by atoms with E-state index in [0.717, 1.165) is 51.7 Å². The lowest BCUT2D eigenvalue weighted by Crippen LogP contribution is -2.38. The van der Waals surface area contributed by atoms with Crippen LogP contribution < -0.4 is 11.1 Å². The monoisotopic (exact) mass is 533 g/mol. The summed E-state index contributed by atoms with van der Waals surface area (Å²) < 4.78 is 0. The van der Waals surface area contributed by atoms with Crippen molar-refractivity contribution in [1.82, 2.24) is 19.9 Å². The number of hydrogen-bond acceptors (Lipinski definition) is 6. The Morgan fingerprint density at radius 2 is 1.82 bits per heavy atom. The SMILES string of the molecule is NCCCCN1N=C(c2ccc(NC(=O)N3Cc4ccncc4C3)cc2)CC(c2cccc3ncccc23)C1=O. The van der Waals surface area contributed by atoms with Crippen LogP contribution in [0.4, 0.5) is 10.5 Å². The summed E-state index contributed by atoms with van der Waals surface area (Å²) in [6, 6.07) is 19.3. The lowest BCUT2D eigenvalue weighted by Gasteiger charge is -2.30. The average Bonchev–Trinajstić information content (AvgIpc) is 3.43. The maximum absolute atomic E-state index is 13.6. The molecule has 2 aromatic carbocycles. The van der Waals surface area contributed by atoms with Gasteiger partial charge in [0.2, 0.25) is 0 Å². The van der Waals surface area contributed by atoms with Crippen molar-refractivity contribution in [2.75, 3.05) is 18.4 Å². The summed E-state index contributed by atoms with van der Waals surface area (Å²) in [5.74, 6) is -0.383. The zero-order valence-electron chi connectivity index (χ0n) is 22.2. The average molecular weight is 534 g/mol. The number of anilines is 1. The van der Waals surface area contributed by atoms with E-state index in [1.165, 1.54) is 0 Å². The maximum Gasteiger partial charge on any atom is 0.322 e. The van der Waals surface area contributed by atoms with E-state index in [0.29, 0.717) is 38.3 Å². The number of hydrogen-bond donors (Lipinski definition) is 2. The summed E-state index contributed by atoms with van der Waals surface area (Å²) in [6.07, 6.45) is 7.41. The van der Waals surface area contributed by atoms with Gasteiger partial charge in [-0.15, -0.1) is 0 Å². The highest BCUT2D eigenvalue weighted by Crippen LogP contribution is 2.33. The summed E-state index contributed by atoms with van der Waals surface area (Å²) in [5.41, 5.74) is 12.2. The number of pyridine rings is 2. The number of urea groups is 1. The molecule has 0 saturated heterocycles. The minimum Gasteiger partial charge on any atom is -0.330 e. The summed E-state index contributed by atoms with van der Waals surface area (Å²) in [4.78, 5) is 36.9. The number of nitrogens with two attached hydrogens (primary N) is 1. The summed E-state index contributed by atoms with van der Waals surface area (Å²) >= 11 is 0. The molecule has 0 bridgehead atoms. The van der Waals surface area contributed by atoms with Crippen molar-refractivity contribution >= 4 is 34.2 Å². The third kappa shape index (κ3) is 5.15. The molecule has 4 heterocycles. The quantitative estimate of drug-likeness (QED) is 0.336. The third-order valence-corrected chi connectivity index (χ3v) is 7.55. The van der Waals surface area contributed by atoms with Crippen molar-refractivity contribution in [2.45, 2.75) is 38.3 Å². The van der Waals surface area contributed by atoms with Crippen LogP contribution in [0.15, 0.2) is 84.4 Å². The minimum absolute atomic E-state index is 0.0113. The number of carbonyl (C=O) groups is 2. The molecule has 0 spiro atoms. The second kappa shape index (κ2) is 11.2. The van der Waals surface area contributed by atoms with Crippen molar-refractivity contribution in [2.24, 2.45) is 10.8 Å². The molecule has 9 nitrogen and oxygen atoms in total. The molecule has 2 aromatic heterocycles. The number of carbonyl (C=O) groups excluding carboxylic acids is 2. The van der Waals surface area contributed by atoms with Gasteiger partial charge in [0.05, 0.1) is 17.1 Å². The van der Waals surface area contributed by atoms with E-state index in [1.54, 1.807) is 22.3 Å². The molecule has 3 N–H and O–H groups in total. The molecule has 2 aliphatic rings. The smallest absolute Gasteiger partial charge is 0.322 e. The summed E-state index contributed by atoms with van der Waals surface area (Å²) in [6.45, 7) is 2.20. The number of hydrazone groups is 1. The van der Waals surface area contributed by atoms with Crippen molar-refractivity contribution < 1.29 is 9.59 Å². The van der Waals surface area contributed by atoms with Crippen LogP contribution >= 0.6 is 0 Å². The van der Waals surface area contributed by atoms with Crippen LogP contribution in [-0.2, 0) is 17.9 Å². The van der Waals surface area contributed by atoms with Gasteiger partial charge in [-0.1, -0.05) is 30.3 Å². The van der Waals surface area contributed by atoms with E-state index < -0.39 is 0 Å². The van der Waals surface area contributed by atoms with E-state index in [2.05, 4.69) is 15.3 Å². The molecule has 1 atom stereocenters. The van der Waals surface area contributed by atoms with Gasteiger partial charge >= 0.3 is 6.03 Å².